The molecule has 1 N–H and O–H groups in total. The van der Waals surface area contributed by atoms with E-state index >= 15 is 0 Å². The van der Waals surface area contributed by atoms with Crippen molar-refractivity contribution in [2.24, 2.45) is 5.92 Å². The van der Waals surface area contributed by atoms with Gasteiger partial charge in [0.25, 0.3) is 5.69 Å². The van der Waals surface area contributed by atoms with Crippen LogP contribution in [0.25, 0.3) is 0 Å². The Morgan fingerprint density at radius 3 is 2.88 bits per heavy atom. The van der Waals surface area contributed by atoms with E-state index in [1.807, 2.05) is 18.2 Å². The van der Waals surface area contributed by atoms with Gasteiger partial charge in [0.2, 0.25) is 0 Å². The fourth-order valence-electron chi connectivity index (χ4n) is 4.36. The van der Waals surface area contributed by atoms with Crippen molar-refractivity contribution >= 4 is 5.69 Å². The lowest BCUT2D eigenvalue weighted by molar-refractivity contribution is -0.386. The molecule has 2 aliphatic rings. The van der Waals surface area contributed by atoms with E-state index in [9.17, 15) is 10.1 Å². The van der Waals surface area contributed by atoms with Crippen molar-refractivity contribution < 1.29 is 9.66 Å². The van der Waals surface area contributed by atoms with Crippen LogP contribution in [0.4, 0.5) is 5.69 Å². The largest absolute Gasteiger partial charge is 0.370 e. The zero-order valence-corrected chi connectivity index (χ0v) is 14.6. The maximum Gasteiger partial charge on any atom is 0.293 e. The van der Waals surface area contributed by atoms with Gasteiger partial charge in [-0.2, -0.15) is 0 Å². The molecule has 1 saturated carbocycles. The molecule has 1 saturated heterocycles. The third kappa shape index (κ3) is 3.48. The molecule has 4 atom stereocenters. The van der Waals surface area contributed by atoms with Crippen molar-refractivity contribution in [1.29, 1.82) is 0 Å². The summed E-state index contributed by atoms with van der Waals surface area (Å²) in [5.74, 6) is 0.482. The number of pyridine rings is 1. The third-order valence-corrected chi connectivity index (χ3v) is 5.62. The average Bonchev–Trinajstić information content (AvgIpc) is 3.15. The van der Waals surface area contributed by atoms with Crippen molar-refractivity contribution in [3.63, 3.8) is 0 Å². The van der Waals surface area contributed by atoms with E-state index in [0.717, 1.165) is 32.2 Å². The highest BCUT2D eigenvalue weighted by Crippen LogP contribution is 2.44. The van der Waals surface area contributed by atoms with Gasteiger partial charge in [-0.25, -0.2) is 0 Å². The molecule has 1 aromatic heterocycles. The lowest BCUT2D eigenvalue weighted by atomic mass is 9.86. The Kier molecular flexibility index (Phi) is 4.95. The van der Waals surface area contributed by atoms with Crippen LogP contribution in [-0.4, -0.2) is 22.1 Å². The molecule has 0 radical (unpaired) electrons. The minimum absolute atomic E-state index is 0.0516. The molecule has 4 unspecified atom stereocenters. The van der Waals surface area contributed by atoms with Gasteiger partial charge in [0.15, 0.2) is 0 Å². The van der Waals surface area contributed by atoms with Crippen molar-refractivity contribution in [2.75, 3.05) is 0 Å². The number of ether oxygens (including phenoxy) is 1. The molecule has 6 nitrogen and oxygen atoms in total. The molecule has 6 heteroatoms. The topological polar surface area (TPSA) is 77.3 Å². The Bertz CT molecular complexity index is 768. The SMILES string of the molecule is O=[N+]([O-])c1cnccc1C1CC(NCc2ccccc2)C2CCCC2O1. The average molecular weight is 353 g/mol. The summed E-state index contributed by atoms with van der Waals surface area (Å²) in [6.07, 6.45) is 6.94. The second-order valence-electron chi connectivity index (χ2n) is 7.16. The van der Waals surface area contributed by atoms with Gasteiger partial charge < -0.3 is 10.1 Å². The summed E-state index contributed by atoms with van der Waals surface area (Å²) in [6.45, 7) is 0.805. The fraction of sp³-hybridized carbons (Fsp3) is 0.450. The van der Waals surface area contributed by atoms with Crippen LogP contribution in [0, 0.1) is 16.0 Å². The van der Waals surface area contributed by atoms with Crippen molar-refractivity contribution in [3.05, 3.63) is 70.0 Å². The lowest BCUT2D eigenvalue weighted by Gasteiger charge is -2.39. The van der Waals surface area contributed by atoms with Crippen LogP contribution in [0.15, 0.2) is 48.8 Å². The van der Waals surface area contributed by atoms with Crippen LogP contribution < -0.4 is 5.32 Å². The van der Waals surface area contributed by atoms with Crippen LogP contribution in [-0.2, 0) is 11.3 Å². The van der Waals surface area contributed by atoms with Gasteiger partial charge in [-0.05, 0) is 30.9 Å². The van der Waals surface area contributed by atoms with Gasteiger partial charge in [-0.1, -0.05) is 36.8 Å². The van der Waals surface area contributed by atoms with E-state index in [1.165, 1.54) is 11.8 Å². The summed E-state index contributed by atoms with van der Waals surface area (Å²) in [6, 6.07) is 12.4. The first-order valence-corrected chi connectivity index (χ1v) is 9.23. The molecule has 2 aromatic rings. The van der Waals surface area contributed by atoms with Gasteiger partial charge >= 0.3 is 0 Å². The third-order valence-electron chi connectivity index (χ3n) is 5.62. The predicted molar refractivity (Wildman–Crippen MR) is 97.5 cm³/mol. The second kappa shape index (κ2) is 7.51. The number of rotatable bonds is 5. The van der Waals surface area contributed by atoms with Crippen LogP contribution in [0.2, 0.25) is 0 Å². The number of hydrogen-bond acceptors (Lipinski definition) is 5. The monoisotopic (exact) mass is 353 g/mol. The first-order valence-electron chi connectivity index (χ1n) is 9.23. The Hall–Kier alpha value is -2.31. The summed E-state index contributed by atoms with van der Waals surface area (Å²) in [4.78, 5) is 14.9. The minimum atomic E-state index is -0.362. The normalized spacial score (nSPS) is 27.8. The highest BCUT2D eigenvalue weighted by atomic mass is 16.6. The molecule has 1 aromatic carbocycles. The quantitative estimate of drug-likeness (QED) is 0.654. The molecule has 0 spiro atoms. The number of nitro groups is 1. The second-order valence-corrected chi connectivity index (χ2v) is 7.16. The number of hydrogen-bond donors (Lipinski definition) is 1. The Balaban J connectivity index is 1.54. The summed E-state index contributed by atoms with van der Waals surface area (Å²) in [5.41, 5.74) is 1.94. The maximum absolute atomic E-state index is 11.4. The van der Waals surface area contributed by atoms with Crippen LogP contribution in [0.1, 0.15) is 42.9 Å². The van der Waals surface area contributed by atoms with Crippen molar-refractivity contribution in [2.45, 2.75) is 50.5 Å². The van der Waals surface area contributed by atoms with E-state index in [4.69, 9.17) is 4.74 Å². The number of aromatic nitrogens is 1. The maximum atomic E-state index is 11.4. The summed E-state index contributed by atoms with van der Waals surface area (Å²) >= 11 is 0. The minimum Gasteiger partial charge on any atom is -0.370 e. The smallest absolute Gasteiger partial charge is 0.293 e. The first kappa shape index (κ1) is 17.1. The van der Waals surface area contributed by atoms with E-state index < -0.39 is 0 Å². The Morgan fingerprint density at radius 1 is 1.23 bits per heavy atom. The van der Waals surface area contributed by atoms with E-state index in [2.05, 4.69) is 22.4 Å². The van der Waals surface area contributed by atoms with Crippen LogP contribution >= 0.6 is 0 Å². The standard InChI is InChI=1S/C20H23N3O3/c24-23(25)18-13-21-10-9-16(18)20-11-17(15-7-4-8-19(15)26-20)22-12-14-5-2-1-3-6-14/h1-3,5-6,9-10,13,15,17,19-20,22H,4,7-8,11-12H2. The summed E-state index contributed by atoms with van der Waals surface area (Å²) in [7, 11) is 0. The molecule has 0 amide bonds. The highest BCUT2D eigenvalue weighted by molar-refractivity contribution is 5.39. The molecule has 1 aliphatic heterocycles. The Morgan fingerprint density at radius 2 is 2.08 bits per heavy atom. The molecule has 0 bridgehead atoms. The molecule has 2 heterocycles. The first-order chi connectivity index (χ1) is 12.7. The number of nitrogens with zero attached hydrogens (tertiary/aromatic N) is 2. The van der Waals surface area contributed by atoms with Crippen LogP contribution in [0.3, 0.4) is 0 Å². The van der Waals surface area contributed by atoms with Crippen molar-refractivity contribution in [3.8, 4) is 0 Å². The zero-order valence-electron chi connectivity index (χ0n) is 14.6. The predicted octanol–water partition coefficient (Wildman–Crippen LogP) is 3.78. The molecule has 136 valence electrons. The molecule has 2 fully saturated rings. The molecular weight excluding hydrogens is 330 g/mol. The number of nitrogens with one attached hydrogen (secondary N) is 1. The van der Waals surface area contributed by atoms with Gasteiger partial charge in [0.1, 0.15) is 6.20 Å². The molecule has 26 heavy (non-hydrogen) atoms. The van der Waals surface area contributed by atoms with Gasteiger partial charge in [0, 0.05) is 24.7 Å². The zero-order chi connectivity index (χ0) is 17.9. The Labute approximate surface area is 152 Å². The van der Waals surface area contributed by atoms with E-state index in [1.54, 1.807) is 12.3 Å². The summed E-state index contributed by atoms with van der Waals surface area (Å²) in [5, 5.41) is 15.1. The fourth-order valence-corrected chi connectivity index (χ4v) is 4.36. The van der Waals surface area contributed by atoms with E-state index in [-0.39, 0.29) is 22.8 Å². The molecular formula is C20H23N3O3. The summed E-state index contributed by atoms with van der Waals surface area (Å²) < 4.78 is 6.30. The lowest BCUT2D eigenvalue weighted by Crippen LogP contribution is -2.46. The van der Waals surface area contributed by atoms with Gasteiger partial charge in [0.05, 0.1) is 22.7 Å². The van der Waals surface area contributed by atoms with E-state index in [0.29, 0.717) is 17.5 Å². The van der Waals surface area contributed by atoms with Gasteiger partial charge in [-0.3, -0.25) is 15.1 Å². The van der Waals surface area contributed by atoms with Gasteiger partial charge in [-0.15, -0.1) is 0 Å². The molecule has 4 rings (SSSR count). The van der Waals surface area contributed by atoms with Crippen molar-refractivity contribution in [1.82, 2.24) is 10.3 Å². The molecule has 1 aliphatic carbocycles. The number of benzene rings is 1. The highest BCUT2D eigenvalue weighted by Gasteiger charge is 2.42. The number of fused-ring (bicyclic) bond motifs is 1. The van der Waals surface area contributed by atoms with Crippen LogP contribution in [0.5, 0.6) is 0 Å².